The van der Waals surface area contributed by atoms with Crippen LogP contribution < -0.4 is 4.74 Å². The third kappa shape index (κ3) is 3.26. The Hall–Kier alpha value is -2.40. The van der Waals surface area contributed by atoms with Crippen molar-refractivity contribution in [3.63, 3.8) is 0 Å². The van der Waals surface area contributed by atoms with Gasteiger partial charge in [-0.2, -0.15) is 4.98 Å². The van der Waals surface area contributed by atoms with Crippen molar-refractivity contribution >= 4 is 10.8 Å². The lowest BCUT2D eigenvalue weighted by atomic mass is 10.1. The third-order valence-corrected chi connectivity index (χ3v) is 3.40. The number of aromatic nitrogens is 2. The Balaban J connectivity index is 1.71. The van der Waals surface area contributed by atoms with Gasteiger partial charge < -0.3 is 14.0 Å². The third-order valence-electron chi connectivity index (χ3n) is 3.40. The molecule has 2 aromatic carbocycles. The van der Waals surface area contributed by atoms with Gasteiger partial charge in [-0.3, -0.25) is 0 Å². The van der Waals surface area contributed by atoms with Gasteiger partial charge in [-0.05, 0) is 29.8 Å². The monoisotopic (exact) mass is 298 g/mol. The summed E-state index contributed by atoms with van der Waals surface area (Å²) < 4.78 is 16.1. The van der Waals surface area contributed by atoms with E-state index >= 15 is 0 Å². The molecule has 0 bridgehead atoms. The number of hydrogen-bond acceptors (Lipinski definition) is 5. The zero-order valence-corrected chi connectivity index (χ0v) is 12.7. The molecule has 3 aromatic rings. The smallest absolute Gasteiger partial charge is 0.267 e. The van der Waals surface area contributed by atoms with Crippen molar-refractivity contribution in [3.8, 4) is 5.75 Å². The van der Waals surface area contributed by atoms with Crippen molar-refractivity contribution in [2.24, 2.45) is 0 Å². The number of hydrogen-bond donors (Lipinski definition) is 0. The predicted molar refractivity (Wildman–Crippen MR) is 82.9 cm³/mol. The minimum Gasteiger partial charge on any atom is -0.481 e. The lowest BCUT2D eigenvalue weighted by Gasteiger charge is -2.11. The summed E-state index contributed by atoms with van der Waals surface area (Å²) in [6.45, 7) is 2.46. The van der Waals surface area contributed by atoms with Crippen LogP contribution in [-0.2, 0) is 11.2 Å². The van der Waals surface area contributed by atoms with E-state index in [1.165, 1.54) is 5.39 Å². The first kappa shape index (κ1) is 14.5. The van der Waals surface area contributed by atoms with E-state index in [-0.39, 0.29) is 6.10 Å². The van der Waals surface area contributed by atoms with Crippen molar-refractivity contribution < 1.29 is 14.0 Å². The summed E-state index contributed by atoms with van der Waals surface area (Å²) in [5.41, 5.74) is 0. The van der Waals surface area contributed by atoms with E-state index in [9.17, 15) is 0 Å². The summed E-state index contributed by atoms with van der Waals surface area (Å²) in [5, 5.41) is 6.24. The van der Waals surface area contributed by atoms with E-state index in [0.29, 0.717) is 24.7 Å². The summed E-state index contributed by atoms with van der Waals surface area (Å²) in [6.07, 6.45) is 0.327. The molecule has 0 amide bonds. The van der Waals surface area contributed by atoms with Crippen molar-refractivity contribution in [1.82, 2.24) is 10.1 Å². The van der Waals surface area contributed by atoms with Crippen LogP contribution in [0.4, 0.5) is 0 Å². The van der Waals surface area contributed by atoms with Gasteiger partial charge in [-0.25, -0.2) is 0 Å². The maximum absolute atomic E-state index is 5.90. The van der Waals surface area contributed by atoms with Crippen molar-refractivity contribution in [1.29, 1.82) is 0 Å². The van der Waals surface area contributed by atoms with E-state index < -0.39 is 0 Å². The van der Waals surface area contributed by atoms with Crippen LogP contribution in [-0.4, -0.2) is 23.9 Å². The summed E-state index contributed by atoms with van der Waals surface area (Å²) in [4.78, 5) is 4.32. The summed E-state index contributed by atoms with van der Waals surface area (Å²) in [7, 11) is 1.65. The lowest BCUT2D eigenvalue weighted by molar-refractivity contribution is 0.175. The molecule has 0 saturated carbocycles. The van der Waals surface area contributed by atoms with E-state index in [0.717, 1.165) is 11.1 Å². The minimum absolute atomic E-state index is 0.301. The normalized spacial score (nSPS) is 12.5. The molecular weight excluding hydrogens is 280 g/mol. The summed E-state index contributed by atoms with van der Waals surface area (Å²) in [5.74, 6) is 1.88. The zero-order chi connectivity index (χ0) is 15.4. The Morgan fingerprint density at radius 2 is 1.95 bits per heavy atom. The van der Waals surface area contributed by atoms with Gasteiger partial charge in [0, 0.05) is 13.5 Å². The Labute approximate surface area is 128 Å². The molecule has 5 nitrogen and oxygen atoms in total. The van der Waals surface area contributed by atoms with Gasteiger partial charge in [0.2, 0.25) is 0 Å². The highest BCUT2D eigenvalue weighted by Gasteiger charge is 2.16. The molecule has 0 saturated heterocycles. The summed E-state index contributed by atoms with van der Waals surface area (Å²) >= 11 is 0. The molecule has 1 atom stereocenters. The average molecular weight is 298 g/mol. The molecule has 0 aliphatic heterocycles. The Kier molecular flexibility index (Phi) is 4.34. The van der Waals surface area contributed by atoms with Gasteiger partial charge >= 0.3 is 0 Å². The Bertz CT molecular complexity index is 754. The molecule has 5 heteroatoms. The van der Waals surface area contributed by atoms with Crippen molar-refractivity contribution in [3.05, 3.63) is 54.2 Å². The fraction of sp³-hybridized carbons (Fsp3) is 0.294. The van der Waals surface area contributed by atoms with E-state index in [4.69, 9.17) is 14.0 Å². The van der Waals surface area contributed by atoms with Gasteiger partial charge in [0.05, 0.1) is 6.61 Å². The lowest BCUT2D eigenvalue weighted by Crippen LogP contribution is -2.04. The van der Waals surface area contributed by atoms with Crippen LogP contribution in [0.5, 0.6) is 5.75 Å². The second-order valence-electron chi connectivity index (χ2n) is 5.06. The summed E-state index contributed by atoms with van der Waals surface area (Å²) in [6, 6.07) is 14.1. The molecule has 0 radical (unpaired) electrons. The number of nitrogens with zero attached hydrogens (tertiary/aromatic N) is 2. The second-order valence-corrected chi connectivity index (χ2v) is 5.06. The van der Waals surface area contributed by atoms with Gasteiger partial charge in [0.15, 0.2) is 11.9 Å². The Morgan fingerprint density at radius 1 is 1.14 bits per heavy atom. The molecule has 0 spiro atoms. The van der Waals surface area contributed by atoms with Crippen molar-refractivity contribution in [2.75, 3.05) is 13.7 Å². The molecular formula is C17H18N2O3. The quantitative estimate of drug-likeness (QED) is 0.696. The van der Waals surface area contributed by atoms with Crippen LogP contribution in [0.25, 0.3) is 10.8 Å². The van der Waals surface area contributed by atoms with E-state index in [1.54, 1.807) is 7.11 Å². The molecule has 22 heavy (non-hydrogen) atoms. The highest BCUT2D eigenvalue weighted by Crippen LogP contribution is 2.25. The highest BCUT2D eigenvalue weighted by atomic mass is 16.5. The van der Waals surface area contributed by atoms with E-state index in [2.05, 4.69) is 22.3 Å². The molecule has 0 aliphatic carbocycles. The van der Waals surface area contributed by atoms with Gasteiger partial charge in [-0.15, -0.1) is 0 Å². The molecule has 0 fully saturated rings. The average Bonchev–Trinajstić information content (AvgIpc) is 3.02. The SMILES string of the molecule is COCCc1noc([C@H](C)Oc2ccc3ccccc3c2)n1. The largest absolute Gasteiger partial charge is 0.481 e. The minimum atomic E-state index is -0.301. The first-order valence-corrected chi connectivity index (χ1v) is 7.23. The maximum Gasteiger partial charge on any atom is 0.267 e. The van der Waals surface area contributed by atoms with Crippen LogP contribution >= 0.6 is 0 Å². The van der Waals surface area contributed by atoms with Crippen LogP contribution in [0.15, 0.2) is 47.0 Å². The number of fused-ring (bicyclic) bond motifs is 1. The van der Waals surface area contributed by atoms with Crippen LogP contribution in [0.2, 0.25) is 0 Å². The Morgan fingerprint density at radius 3 is 2.77 bits per heavy atom. The predicted octanol–water partition coefficient (Wildman–Crippen LogP) is 3.55. The fourth-order valence-corrected chi connectivity index (χ4v) is 2.22. The van der Waals surface area contributed by atoms with Crippen LogP contribution in [0.3, 0.4) is 0 Å². The zero-order valence-electron chi connectivity index (χ0n) is 12.7. The molecule has 3 rings (SSSR count). The number of rotatable bonds is 6. The maximum atomic E-state index is 5.90. The standard InChI is InChI=1S/C17H18N2O3/c1-12(17-18-16(19-22-17)9-10-20-2)21-15-8-7-13-5-3-4-6-14(13)11-15/h3-8,11-12H,9-10H2,1-2H3/t12-/m0/s1. The first-order valence-electron chi connectivity index (χ1n) is 7.23. The molecule has 114 valence electrons. The molecule has 1 heterocycles. The van der Waals surface area contributed by atoms with E-state index in [1.807, 2.05) is 37.3 Å². The molecule has 0 N–H and O–H groups in total. The van der Waals surface area contributed by atoms with Crippen molar-refractivity contribution in [2.45, 2.75) is 19.4 Å². The van der Waals surface area contributed by atoms with Crippen LogP contribution in [0, 0.1) is 0 Å². The molecule has 1 aromatic heterocycles. The molecule has 0 unspecified atom stereocenters. The second kappa shape index (κ2) is 6.58. The topological polar surface area (TPSA) is 57.4 Å². The fourth-order valence-electron chi connectivity index (χ4n) is 2.22. The number of ether oxygens (including phenoxy) is 2. The first-order chi connectivity index (χ1) is 10.8. The van der Waals surface area contributed by atoms with Gasteiger partial charge in [0.25, 0.3) is 5.89 Å². The highest BCUT2D eigenvalue weighted by molar-refractivity contribution is 5.83. The van der Waals surface area contributed by atoms with Gasteiger partial charge in [0.1, 0.15) is 5.75 Å². The number of benzene rings is 2. The molecule has 0 aliphatic rings. The van der Waals surface area contributed by atoms with Crippen LogP contribution in [0.1, 0.15) is 24.7 Å². The number of methoxy groups -OCH3 is 1. The van der Waals surface area contributed by atoms with Gasteiger partial charge in [-0.1, -0.05) is 35.5 Å².